The zero-order valence-corrected chi connectivity index (χ0v) is 12.6. The number of imidazole rings is 1. The third-order valence-electron chi connectivity index (χ3n) is 2.55. The van der Waals surface area contributed by atoms with Gasteiger partial charge in [0.05, 0.1) is 22.7 Å². The number of hydrogen-bond acceptors (Lipinski definition) is 5. The lowest BCUT2D eigenvalue weighted by Gasteiger charge is -2.19. The first-order chi connectivity index (χ1) is 9.93. The highest BCUT2D eigenvalue weighted by Crippen LogP contribution is 2.38. The van der Waals surface area contributed by atoms with E-state index in [-0.39, 0.29) is 25.2 Å². The molecule has 0 aliphatic heterocycles. The van der Waals surface area contributed by atoms with Gasteiger partial charge in [0, 0.05) is 0 Å². The second-order valence-corrected chi connectivity index (χ2v) is 6.08. The van der Waals surface area contributed by atoms with Gasteiger partial charge in [-0.2, -0.15) is 0 Å². The molecule has 0 saturated carbocycles. The van der Waals surface area contributed by atoms with E-state index in [0.29, 0.717) is 18.8 Å². The van der Waals surface area contributed by atoms with Crippen molar-refractivity contribution >= 4 is 29.3 Å². The number of nitrogens with one attached hydrogen (secondary N) is 2. The normalized spacial score (nSPS) is 11.7. The van der Waals surface area contributed by atoms with Crippen LogP contribution in [-0.4, -0.2) is 43.3 Å². The summed E-state index contributed by atoms with van der Waals surface area (Å²) in [5.74, 6) is -0.312. The summed E-state index contributed by atoms with van der Waals surface area (Å²) in [6, 6.07) is 0. The molecule has 0 aliphatic rings. The molecule has 0 spiro atoms. The Morgan fingerprint density at radius 2 is 2.00 bits per heavy atom. The molecule has 0 unspecified atom stereocenters. The molecule has 12 heteroatoms. The number of nitrogens with zero attached hydrogens (tertiary/aromatic N) is 3. The van der Waals surface area contributed by atoms with E-state index in [4.69, 9.17) is 20.2 Å². The lowest BCUT2D eigenvalue weighted by atomic mass is 10.1. The average molecular weight is 311 g/mol. The first kappa shape index (κ1) is 17.9. The lowest BCUT2D eigenvalue weighted by molar-refractivity contribution is -0.396. The molecule has 9 nitrogen and oxygen atoms in total. The number of hydrogen-bond donors (Lipinski definition) is 2. The van der Waals surface area contributed by atoms with E-state index in [1.165, 1.54) is 17.8 Å². The van der Waals surface area contributed by atoms with Gasteiger partial charge >= 0.3 is 13.6 Å². The minimum atomic E-state index is -3.32. The molecule has 1 aromatic rings. The van der Waals surface area contributed by atoms with Crippen LogP contribution in [0.25, 0.3) is 0 Å². The maximum absolute atomic E-state index is 12.4. The van der Waals surface area contributed by atoms with E-state index < -0.39 is 12.6 Å². The van der Waals surface area contributed by atoms with Crippen molar-refractivity contribution in [1.29, 1.82) is 0 Å². The summed E-state index contributed by atoms with van der Waals surface area (Å²) >= 11 is 0. The quantitative estimate of drug-likeness (QED) is 0.277. The number of aromatic nitrogens is 2. The lowest BCUT2D eigenvalue weighted by Crippen LogP contribution is -2.25. The van der Waals surface area contributed by atoms with Crippen molar-refractivity contribution in [2.75, 3.05) is 13.1 Å². The second-order valence-electron chi connectivity index (χ2n) is 4.08. The van der Waals surface area contributed by atoms with Crippen LogP contribution in [0, 0.1) is 10.1 Å². The second kappa shape index (κ2) is 8.33. The van der Waals surface area contributed by atoms with Crippen LogP contribution in [0.2, 0.25) is 12.6 Å². The number of nitro groups is 1. The standard InChI is InChI=1S/C9H16B2N5O4P/c1-15-8(6-12-9(15)16(17)18)7-20-21(19,13-4-2-10)14-5-3-11/h6H,2-5,7H2,1H3,(H2,13,14,19). The highest BCUT2D eigenvalue weighted by Gasteiger charge is 2.24. The van der Waals surface area contributed by atoms with Gasteiger partial charge in [-0.1, -0.05) is 17.6 Å². The zero-order chi connectivity index (χ0) is 15.9. The van der Waals surface area contributed by atoms with Crippen molar-refractivity contribution in [2.45, 2.75) is 19.2 Å². The molecule has 21 heavy (non-hydrogen) atoms. The molecular weight excluding hydrogens is 295 g/mol. The molecule has 112 valence electrons. The van der Waals surface area contributed by atoms with Gasteiger partial charge in [0.15, 0.2) is 0 Å². The van der Waals surface area contributed by atoms with Crippen LogP contribution in [0.1, 0.15) is 5.69 Å². The Morgan fingerprint density at radius 1 is 1.43 bits per heavy atom. The topological polar surface area (TPSA) is 111 Å². The van der Waals surface area contributed by atoms with E-state index in [2.05, 4.69) is 15.2 Å². The Kier molecular flexibility index (Phi) is 7.10. The van der Waals surface area contributed by atoms with E-state index in [9.17, 15) is 14.7 Å². The average Bonchev–Trinajstić information content (AvgIpc) is 2.82. The fourth-order valence-electron chi connectivity index (χ4n) is 1.47. The van der Waals surface area contributed by atoms with E-state index in [0.717, 1.165) is 0 Å². The van der Waals surface area contributed by atoms with E-state index in [1.54, 1.807) is 0 Å². The Bertz CT molecular complexity index is 514. The molecule has 0 fully saturated rings. The van der Waals surface area contributed by atoms with Gasteiger partial charge in [-0.3, -0.25) is 9.09 Å². The fourth-order valence-corrected chi connectivity index (χ4v) is 2.92. The van der Waals surface area contributed by atoms with Gasteiger partial charge in [0.25, 0.3) is 0 Å². The maximum atomic E-state index is 12.4. The van der Waals surface area contributed by atoms with Crippen molar-refractivity contribution in [3.63, 3.8) is 0 Å². The summed E-state index contributed by atoms with van der Waals surface area (Å²) in [4.78, 5) is 13.7. The van der Waals surface area contributed by atoms with E-state index in [1.807, 2.05) is 0 Å². The van der Waals surface area contributed by atoms with Gasteiger partial charge < -0.3 is 10.1 Å². The Hall–Kier alpha value is -1.15. The predicted molar refractivity (Wildman–Crippen MR) is 79.4 cm³/mol. The molecule has 0 atom stereocenters. The first-order valence-corrected chi connectivity index (χ1v) is 7.86. The molecule has 0 bridgehead atoms. The third kappa shape index (κ3) is 5.28. The summed E-state index contributed by atoms with van der Waals surface area (Å²) in [5.41, 5.74) is 0.422. The third-order valence-corrected chi connectivity index (χ3v) is 4.32. The van der Waals surface area contributed by atoms with Crippen LogP contribution in [-0.2, 0) is 22.7 Å². The predicted octanol–water partition coefficient (Wildman–Crippen LogP) is 0.306. The summed E-state index contributed by atoms with van der Waals surface area (Å²) in [6.45, 7) is 0.477. The van der Waals surface area contributed by atoms with Crippen molar-refractivity contribution in [3.05, 3.63) is 22.0 Å². The van der Waals surface area contributed by atoms with E-state index >= 15 is 0 Å². The minimum Gasteiger partial charge on any atom is -0.390 e. The van der Waals surface area contributed by atoms with Crippen LogP contribution in [0.15, 0.2) is 6.20 Å². The van der Waals surface area contributed by atoms with Gasteiger partial charge in [-0.05, 0) is 18.0 Å². The highest BCUT2D eigenvalue weighted by atomic mass is 31.2. The number of rotatable bonds is 10. The Balaban J connectivity index is 2.72. The largest absolute Gasteiger partial charge is 0.434 e. The first-order valence-electron chi connectivity index (χ1n) is 6.23. The Labute approximate surface area is 125 Å². The molecule has 0 amide bonds. The van der Waals surface area contributed by atoms with Gasteiger partial charge in [-0.25, -0.2) is 14.7 Å². The monoisotopic (exact) mass is 311 g/mol. The van der Waals surface area contributed by atoms with Gasteiger partial charge in [-0.15, -0.1) is 0 Å². The molecule has 1 heterocycles. The zero-order valence-electron chi connectivity index (χ0n) is 11.7. The van der Waals surface area contributed by atoms with Crippen LogP contribution in [0.4, 0.5) is 5.95 Å². The van der Waals surface area contributed by atoms with Crippen molar-refractivity contribution in [1.82, 2.24) is 19.7 Å². The molecule has 2 N–H and O–H groups in total. The van der Waals surface area contributed by atoms with Crippen molar-refractivity contribution < 1.29 is 14.0 Å². The molecule has 4 radical (unpaired) electrons. The SMILES string of the molecule is [B]CCNP(=O)(NCC[B])OCc1cnc([N+](=O)[O-])n1C. The molecule has 1 rings (SSSR count). The van der Waals surface area contributed by atoms with Gasteiger partial charge in [0.2, 0.25) is 0 Å². The molecular formula is C9H16B2N5O4P. The molecule has 1 aromatic heterocycles. The van der Waals surface area contributed by atoms with Crippen LogP contribution in [0.5, 0.6) is 0 Å². The Morgan fingerprint density at radius 3 is 2.43 bits per heavy atom. The summed E-state index contributed by atoms with van der Waals surface area (Å²) in [5, 5.41) is 16.0. The van der Waals surface area contributed by atoms with Crippen LogP contribution in [0.3, 0.4) is 0 Å². The van der Waals surface area contributed by atoms with Crippen LogP contribution >= 0.6 is 7.67 Å². The minimum absolute atomic E-state index is 0.107. The maximum Gasteiger partial charge on any atom is 0.434 e. The smallest absolute Gasteiger partial charge is 0.390 e. The van der Waals surface area contributed by atoms with Crippen molar-refractivity contribution in [3.8, 4) is 0 Å². The summed E-state index contributed by atoms with van der Waals surface area (Å²) in [6.07, 6.45) is 1.87. The highest BCUT2D eigenvalue weighted by molar-refractivity contribution is 7.54. The molecule has 0 aliphatic carbocycles. The molecule has 0 aromatic carbocycles. The van der Waals surface area contributed by atoms with Crippen molar-refractivity contribution in [2.24, 2.45) is 7.05 Å². The van der Waals surface area contributed by atoms with Gasteiger partial charge in [0.1, 0.15) is 18.5 Å². The van der Waals surface area contributed by atoms with Crippen LogP contribution < -0.4 is 10.2 Å². The molecule has 0 saturated heterocycles. The summed E-state index contributed by atoms with van der Waals surface area (Å²) < 4.78 is 19.0. The fraction of sp³-hybridized carbons (Fsp3) is 0.667. The summed E-state index contributed by atoms with van der Waals surface area (Å²) in [7, 11) is 8.86.